The highest BCUT2D eigenvalue weighted by Gasteiger charge is 2.33. The molecule has 7 nitrogen and oxygen atoms in total. The van der Waals surface area contributed by atoms with Gasteiger partial charge < -0.3 is 9.84 Å². The largest absolute Gasteiger partial charge is 0.418 e. The van der Waals surface area contributed by atoms with E-state index in [1.165, 1.54) is 18.2 Å². The van der Waals surface area contributed by atoms with Crippen LogP contribution in [0.1, 0.15) is 11.5 Å². The van der Waals surface area contributed by atoms with E-state index in [0.29, 0.717) is 49.5 Å². The Balaban J connectivity index is 1.26. The van der Waals surface area contributed by atoms with Gasteiger partial charge in [-0.05, 0) is 36.4 Å². The Morgan fingerprint density at radius 1 is 1.03 bits per heavy atom. The summed E-state index contributed by atoms with van der Waals surface area (Å²) in [6, 6.07) is 12.1. The lowest BCUT2D eigenvalue weighted by Gasteiger charge is -2.33. The van der Waals surface area contributed by atoms with Crippen molar-refractivity contribution in [2.45, 2.75) is 12.7 Å². The van der Waals surface area contributed by atoms with Gasteiger partial charge in [0.1, 0.15) is 0 Å². The number of carbonyl (C=O) groups excluding carboxylic acids is 1. The lowest BCUT2D eigenvalue weighted by molar-refractivity contribution is -0.137. The summed E-state index contributed by atoms with van der Waals surface area (Å²) in [6.07, 6.45) is -4.53. The van der Waals surface area contributed by atoms with E-state index < -0.39 is 17.6 Å². The molecule has 1 amide bonds. The van der Waals surface area contributed by atoms with E-state index in [0.717, 1.165) is 11.6 Å². The number of rotatable bonds is 6. The van der Waals surface area contributed by atoms with E-state index in [-0.39, 0.29) is 12.2 Å². The van der Waals surface area contributed by atoms with Crippen molar-refractivity contribution in [3.8, 4) is 11.4 Å². The standard InChI is InChI=1S/C22H21ClF3N5O2/c23-16-7-5-15(6-8-16)21-28-20(33-29-21)14-31-11-9-30(10-12-31)13-19(32)27-18-4-2-1-3-17(18)22(24,25)26/h1-8H,9-14H2,(H,27,32). The number of piperazine rings is 1. The number of aromatic nitrogens is 2. The minimum atomic E-state index is -4.53. The number of halogens is 4. The highest BCUT2D eigenvalue weighted by atomic mass is 35.5. The lowest BCUT2D eigenvalue weighted by atomic mass is 10.1. The molecule has 0 unspecified atom stereocenters. The van der Waals surface area contributed by atoms with Gasteiger partial charge in [0.15, 0.2) is 0 Å². The first-order valence-electron chi connectivity index (χ1n) is 10.3. The normalized spacial score (nSPS) is 15.5. The van der Waals surface area contributed by atoms with Gasteiger partial charge in [-0.3, -0.25) is 14.6 Å². The number of hydrogen-bond donors (Lipinski definition) is 1. The monoisotopic (exact) mass is 479 g/mol. The second-order valence-corrected chi connectivity index (χ2v) is 8.10. The Morgan fingerprint density at radius 3 is 2.39 bits per heavy atom. The van der Waals surface area contributed by atoms with E-state index >= 15 is 0 Å². The van der Waals surface area contributed by atoms with Crippen LogP contribution >= 0.6 is 11.6 Å². The molecule has 1 aliphatic rings. The van der Waals surface area contributed by atoms with Gasteiger partial charge >= 0.3 is 6.18 Å². The third-order valence-electron chi connectivity index (χ3n) is 5.27. The fourth-order valence-electron chi connectivity index (χ4n) is 3.56. The van der Waals surface area contributed by atoms with Gasteiger partial charge in [0.2, 0.25) is 17.6 Å². The summed E-state index contributed by atoms with van der Waals surface area (Å²) in [5.74, 6) is 0.482. The predicted octanol–water partition coefficient (Wildman–Crippen LogP) is 4.17. The molecule has 33 heavy (non-hydrogen) atoms. The molecule has 0 spiro atoms. The predicted molar refractivity (Wildman–Crippen MR) is 117 cm³/mol. The van der Waals surface area contributed by atoms with Crippen molar-refractivity contribution in [2.24, 2.45) is 0 Å². The summed E-state index contributed by atoms with van der Waals surface area (Å²) >= 11 is 5.90. The molecule has 174 valence electrons. The fraction of sp³-hybridized carbons (Fsp3) is 0.318. The highest BCUT2D eigenvalue weighted by molar-refractivity contribution is 6.30. The Labute approximate surface area is 193 Å². The molecule has 11 heteroatoms. The molecule has 1 N–H and O–H groups in total. The number of para-hydroxylation sites is 1. The third-order valence-corrected chi connectivity index (χ3v) is 5.52. The van der Waals surface area contributed by atoms with Crippen molar-refractivity contribution in [3.05, 3.63) is 65.0 Å². The zero-order valence-corrected chi connectivity index (χ0v) is 18.2. The van der Waals surface area contributed by atoms with E-state index in [2.05, 4.69) is 20.4 Å². The number of nitrogens with zero attached hydrogens (tertiary/aromatic N) is 4. The van der Waals surface area contributed by atoms with E-state index in [1.54, 1.807) is 12.1 Å². The van der Waals surface area contributed by atoms with E-state index in [1.807, 2.05) is 17.0 Å². The molecule has 1 fully saturated rings. The Hall–Kier alpha value is -2.95. The zero-order valence-electron chi connectivity index (χ0n) is 17.5. The van der Waals surface area contributed by atoms with Crippen LogP contribution in [0.2, 0.25) is 5.02 Å². The van der Waals surface area contributed by atoms with Crippen molar-refractivity contribution in [3.63, 3.8) is 0 Å². The maximum absolute atomic E-state index is 13.1. The van der Waals surface area contributed by atoms with E-state index in [9.17, 15) is 18.0 Å². The van der Waals surface area contributed by atoms with Crippen molar-refractivity contribution >= 4 is 23.2 Å². The van der Waals surface area contributed by atoms with Gasteiger partial charge in [-0.2, -0.15) is 18.2 Å². The first kappa shape index (κ1) is 23.2. The summed E-state index contributed by atoms with van der Waals surface area (Å²) in [7, 11) is 0. The van der Waals surface area contributed by atoms with Crippen LogP contribution in [0.3, 0.4) is 0 Å². The van der Waals surface area contributed by atoms with Gasteiger partial charge in [-0.25, -0.2) is 0 Å². The summed E-state index contributed by atoms with van der Waals surface area (Å²) in [4.78, 5) is 20.7. The highest BCUT2D eigenvalue weighted by Crippen LogP contribution is 2.34. The molecule has 2 heterocycles. The smallest absolute Gasteiger partial charge is 0.338 e. The molecule has 0 bridgehead atoms. The second-order valence-electron chi connectivity index (χ2n) is 7.66. The van der Waals surface area contributed by atoms with Crippen LogP contribution in [-0.2, 0) is 17.5 Å². The molecule has 1 aliphatic heterocycles. The summed E-state index contributed by atoms with van der Waals surface area (Å²) in [6.45, 7) is 2.98. The van der Waals surface area contributed by atoms with Crippen molar-refractivity contribution in [1.82, 2.24) is 19.9 Å². The minimum Gasteiger partial charge on any atom is -0.338 e. The fourth-order valence-corrected chi connectivity index (χ4v) is 3.69. The SMILES string of the molecule is O=C(CN1CCN(Cc2nc(-c3ccc(Cl)cc3)no2)CC1)Nc1ccccc1C(F)(F)F. The number of benzene rings is 2. The Bertz CT molecular complexity index is 1100. The third kappa shape index (κ3) is 6.10. The molecule has 3 aromatic rings. The van der Waals surface area contributed by atoms with Crippen molar-refractivity contribution in [2.75, 3.05) is 38.0 Å². The molecule has 0 saturated carbocycles. The van der Waals surface area contributed by atoms with Crippen LogP contribution in [0.25, 0.3) is 11.4 Å². The van der Waals surface area contributed by atoms with Gasteiger partial charge in [0, 0.05) is 36.8 Å². The number of hydrogen-bond acceptors (Lipinski definition) is 6. The van der Waals surface area contributed by atoms with E-state index in [4.69, 9.17) is 16.1 Å². The molecular formula is C22H21ClF3N5O2. The Kier molecular flexibility index (Phi) is 6.96. The van der Waals surface area contributed by atoms with Crippen LogP contribution in [0, 0.1) is 0 Å². The van der Waals surface area contributed by atoms with Crippen LogP contribution in [-0.4, -0.2) is 58.6 Å². The second kappa shape index (κ2) is 9.90. The number of nitrogens with one attached hydrogen (secondary N) is 1. The molecule has 0 atom stereocenters. The molecule has 1 aromatic heterocycles. The number of alkyl halides is 3. The number of amides is 1. The molecule has 0 aliphatic carbocycles. The quantitative estimate of drug-likeness (QED) is 0.572. The van der Waals surface area contributed by atoms with Crippen molar-refractivity contribution < 1.29 is 22.5 Å². The van der Waals surface area contributed by atoms with Crippen LogP contribution in [0.5, 0.6) is 0 Å². The van der Waals surface area contributed by atoms with Crippen molar-refractivity contribution in [1.29, 1.82) is 0 Å². The summed E-state index contributed by atoms with van der Waals surface area (Å²) in [5, 5.41) is 7.01. The molecule has 0 radical (unpaired) electrons. The first-order chi connectivity index (χ1) is 15.8. The maximum atomic E-state index is 13.1. The molecule has 2 aromatic carbocycles. The van der Waals surface area contributed by atoms with Gasteiger partial charge in [-0.15, -0.1) is 0 Å². The number of anilines is 1. The first-order valence-corrected chi connectivity index (χ1v) is 10.6. The molecule has 1 saturated heterocycles. The minimum absolute atomic E-state index is 0.0152. The lowest BCUT2D eigenvalue weighted by Crippen LogP contribution is -2.48. The van der Waals surface area contributed by atoms with Gasteiger partial charge in [-0.1, -0.05) is 28.9 Å². The topological polar surface area (TPSA) is 74.5 Å². The summed E-state index contributed by atoms with van der Waals surface area (Å²) in [5.41, 5.74) is -0.292. The average Bonchev–Trinajstić information content (AvgIpc) is 3.24. The number of carbonyl (C=O) groups is 1. The van der Waals surface area contributed by atoms with Crippen LogP contribution < -0.4 is 5.32 Å². The van der Waals surface area contributed by atoms with Crippen LogP contribution in [0.4, 0.5) is 18.9 Å². The van der Waals surface area contributed by atoms with Gasteiger partial charge in [0.05, 0.1) is 24.3 Å². The summed E-state index contributed by atoms with van der Waals surface area (Å²) < 4.78 is 44.7. The van der Waals surface area contributed by atoms with Crippen LogP contribution in [0.15, 0.2) is 53.1 Å². The maximum Gasteiger partial charge on any atom is 0.418 e. The molecule has 4 rings (SSSR count). The zero-order chi connectivity index (χ0) is 23.4. The molecular weight excluding hydrogens is 459 g/mol. The van der Waals surface area contributed by atoms with Gasteiger partial charge in [0.25, 0.3) is 0 Å². The Morgan fingerprint density at radius 2 is 1.70 bits per heavy atom. The average molecular weight is 480 g/mol.